The van der Waals surface area contributed by atoms with Crippen LogP contribution >= 0.6 is 0 Å². The maximum absolute atomic E-state index is 13.9. The molecule has 1 unspecified atom stereocenters. The predicted molar refractivity (Wildman–Crippen MR) is 219 cm³/mol. The lowest BCUT2D eigenvalue weighted by molar-refractivity contribution is -0.136. The highest BCUT2D eigenvalue weighted by molar-refractivity contribution is 6.23. The van der Waals surface area contributed by atoms with E-state index in [9.17, 15) is 28.8 Å². The molecule has 3 heterocycles. The summed E-state index contributed by atoms with van der Waals surface area (Å²) in [7, 11) is 0. The highest BCUT2D eigenvalue weighted by Gasteiger charge is 2.61. The molecule has 2 aromatic rings. The number of carbonyl (C=O) groups excluding carboxylic acids is 6. The second-order valence-corrected chi connectivity index (χ2v) is 18.0. The summed E-state index contributed by atoms with van der Waals surface area (Å²) in [6.07, 6.45) is 16.6. The van der Waals surface area contributed by atoms with Gasteiger partial charge in [-0.05, 0) is 117 Å². The first-order chi connectivity index (χ1) is 28.0. The summed E-state index contributed by atoms with van der Waals surface area (Å²) in [4.78, 5) is 76.8. The lowest BCUT2D eigenvalue weighted by Crippen LogP contribution is -2.59. The van der Waals surface area contributed by atoms with Gasteiger partial charge in [-0.15, -0.1) is 0 Å². The zero-order valence-corrected chi connectivity index (χ0v) is 33.8. The van der Waals surface area contributed by atoms with E-state index in [2.05, 4.69) is 41.2 Å². The van der Waals surface area contributed by atoms with Gasteiger partial charge in [-0.3, -0.25) is 39.0 Å². The molecule has 8 rings (SSSR count). The van der Waals surface area contributed by atoms with Crippen molar-refractivity contribution in [3.8, 4) is 5.75 Å². The fourth-order valence-electron chi connectivity index (χ4n) is 11.6. The Morgan fingerprint density at radius 2 is 1.62 bits per heavy atom. The topological polar surface area (TPSA) is 163 Å². The van der Waals surface area contributed by atoms with Crippen LogP contribution in [0.4, 0.5) is 11.4 Å². The van der Waals surface area contributed by atoms with E-state index in [4.69, 9.17) is 4.74 Å². The third-order valence-electron chi connectivity index (χ3n) is 14.7. The summed E-state index contributed by atoms with van der Waals surface area (Å²) >= 11 is 0. The van der Waals surface area contributed by atoms with Crippen molar-refractivity contribution in [2.45, 2.75) is 116 Å². The molecule has 6 amide bonds. The van der Waals surface area contributed by atoms with Crippen molar-refractivity contribution in [3.63, 3.8) is 0 Å². The molecule has 12 nitrogen and oxygen atoms in total. The van der Waals surface area contributed by atoms with Crippen LogP contribution in [0.5, 0.6) is 5.75 Å². The lowest BCUT2D eigenvalue weighted by Gasteiger charge is -2.58. The molecule has 0 aromatic heterocycles. The minimum Gasteiger partial charge on any atom is -0.494 e. The number of rotatable bonds is 14. The number of carbonyl (C=O) groups is 6. The fourth-order valence-corrected chi connectivity index (χ4v) is 11.6. The Morgan fingerprint density at radius 1 is 0.828 bits per heavy atom. The van der Waals surface area contributed by atoms with Gasteiger partial charge in [-0.2, -0.15) is 0 Å². The van der Waals surface area contributed by atoms with Crippen LogP contribution in [0, 0.1) is 34.5 Å². The van der Waals surface area contributed by atoms with E-state index in [0.717, 1.165) is 106 Å². The SMILES string of the molecule is C[C@]12C=CC(=O)N[C@@H]1CC[C@@H]1[C@@H]2CC[C@]2(C)[C@@H](C(=O)Nc3cccc(OCCCCCCCCNc4ccc5c(c4)C(=O)N(C4CCC(=O)NC4=O)C5=O)c3)CC[C@@H]12. The maximum atomic E-state index is 13.9. The fraction of sp³-hybridized carbons (Fsp3) is 0.565. The minimum absolute atomic E-state index is 0.00663. The summed E-state index contributed by atoms with van der Waals surface area (Å²) < 4.78 is 6.09. The summed E-state index contributed by atoms with van der Waals surface area (Å²) in [5.74, 6) is 0.540. The van der Waals surface area contributed by atoms with Crippen molar-refractivity contribution in [1.29, 1.82) is 0 Å². The zero-order chi connectivity index (χ0) is 40.6. The third-order valence-corrected chi connectivity index (χ3v) is 14.7. The van der Waals surface area contributed by atoms with Gasteiger partial charge in [-0.1, -0.05) is 51.7 Å². The quantitative estimate of drug-likeness (QED) is 0.120. The van der Waals surface area contributed by atoms with E-state index < -0.39 is 29.7 Å². The van der Waals surface area contributed by atoms with Crippen molar-refractivity contribution in [2.75, 3.05) is 23.8 Å². The van der Waals surface area contributed by atoms with E-state index in [1.807, 2.05) is 24.3 Å². The van der Waals surface area contributed by atoms with Gasteiger partial charge < -0.3 is 20.7 Å². The molecule has 308 valence electrons. The lowest BCUT2D eigenvalue weighted by atomic mass is 9.48. The van der Waals surface area contributed by atoms with Gasteiger partial charge in [0, 0.05) is 47.8 Å². The van der Waals surface area contributed by atoms with Crippen LogP contribution in [0.3, 0.4) is 0 Å². The first-order valence-electron chi connectivity index (χ1n) is 21.6. The number of imide groups is 2. The average molecular weight is 792 g/mol. The van der Waals surface area contributed by atoms with E-state index in [1.165, 1.54) is 0 Å². The Bertz CT molecular complexity index is 2010. The van der Waals surface area contributed by atoms with Gasteiger partial charge in [0.25, 0.3) is 11.8 Å². The standard InChI is InChI=1S/C46H57N5O7/c1-45-22-20-35-32(14-18-38-46(35,2)23-21-40(53)49-38)34(45)15-16-36(45)41(54)48-29-10-9-11-30(26-29)58-25-8-6-4-3-5-7-24-47-28-12-13-31-33(27-28)44(57)51(43(31)56)37-17-19-39(52)50-42(37)55/h9-13,21,23,26-27,32,34-38,47H,3-8,14-20,22,24-25H2,1-2H3,(H,48,54)(H,49,53)(H,50,52,55)/t32-,34-,35-,36+,37?,38+,45-,46+/m0/s1. The van der Waals surface area contributed by atoms with Crippen molar-refractivity contribution in [3.05, 3.63) is 65.7 Å². The summed E-state index contributed by atoms with van der Waals surface area (Å²) in [5, 5.41) is 12.1. The van der Waals surface area contributed by atoms with Gasteiger partial charge >= 0.3 is 0 Å². The molecule has 0 bridgehead atoms. The first kappa shape index (κ1) is 39.8. The van der Waals surface area contributed by atoms with Crippen LogP contribution in [-0.2, 0) is 19.2 Å². The van der Waals surface area contributed by atoms with Crippen molar-refractivity contribution >= 4 is 46.8 Å². The normalized spacial score (nSPS) is 31.1. The zero-order valence-electron chi connectivity index (χ0n) is 33.8. The van der Waals surface area contributed by atoms with Gasteiger partial charge in [0.2, 0.25) is 23.6 Å². The van der Waals surface area contributed by atoms with Gasteiger partial charge in [0.1, 0.15) is 11.8 Å². The molecule has 8 atom stereocenters. The van der Waals surface area contributed by atoms with Crippen LogP contribution < -0.4 is 26.0 Å². The van der Waals surface area contributed by atoms with Gasteiger partial charge in [0.05, 0.1) is 17.7 Å². The molecule has 3 saturated carbocycles. The number of nitrogens with one attached hydrogen (secondary N) is 4. The highest BCUT2D eigenvalue weighted by Crippen LogP contribution is 2.65. The molecule has 2 aromatic carbocycles. The second kappa shape index (κ2) is 16.3. The monoisotopic (exact) mass is 791 g/mol. The van der Waals surface area contributed by atoms with Crippen LogP contribution in [0.15, 0.2) is 54.6 Å². The van der Waals surface area contributed by atoms with Crippen LogP contribution in [0.1, 0.15) is 124 Å². The van der Waals surface area contributed by atoms with E-state index in [1.54, 1.807) is 24.3 Å². The molecule has 12 heteroatoms. The number of benzene rings is 2. The summed E-state index contributed by atoms with van der Waals surface area (Å²) in [5.41, 5.74) is 2.06. The molecule has 3 aliphatic carbocycles. The smallest absolute Gasteiger partial charge is 0.262 e. The van der Waals surface area contributed by atoms with Gasteiger partial charge in [0.15, 0.2) is 0 Å². The third kappa shape index (κ3) is 7.54. The molecule has 58 heavy (non-hydrogen) atoms. The number of nitrogens with zero attached hydrogens (tertiary/aromatic N) is 1. The number of anilines is 2. The highest BCUT2D eigenvalue weighted by atomic mass is 16.5. The van der Waals surface area contributed by atoms with Crippen molar-refractivity contribution < 1.29 is 33.5 Å². The van der Waals surface area contributed by atoms with Crippen molar-refractivity contribution in [1.82, 2.24) is 15.5 Å². The Hall–Kier alpha value is -5.00. The number of amides is 6. The second-order valence-electron chi connectivity index (χ2n) is 18.0. The Morgan fingerprint density at radius 3 is 2.45 bits per heavy atom. The number of hydrogen-bond donors (Lipinski definition) is 4. The summed E-state index contributed by atoms with van der Waals surface area (Å²) in [6.45, 7) is 6.04. The molecule has 0 radical (unpaired) electrons. The van der Waals surface area contributed by atoms with E-state index in [0.29, 0.717) is 24.4 Å². The van der Waals surface area contributed by atoms with Gasteiger partial charge in [-0.25, -0.2) is 0 Å². The largest absolute Gasteiger partial charge is 0.494 e. The minimum atomic E-state index is -0.970. The van der Waals surface area contributed by atoms with Crippen LogP contribution in [0.2, 0.25) is 0 Å². The molecular weight excluding hydrogens is 735 g/mol. The molecule has 3 aliphatic heterocycles. The number of unbranched alkanes of at least 4 members (excludes halogenated alkanes) is 5. The average Bonchev–Trinajstić information content (AvgIpc) is 3.68. The van der Waals surface area contributed by atoms with Crippen LogP contribution in [-0.4, -0.2) is 65.6 Å². The Labute approximate surface area is 340 Å². The molecule has 0 spiro atoms. The molecule has 1 saturated heterocycles. The number of piperidine rings is 1. The summed E-state index contributed by atoms with van der Waals surface area (Å²) in [6, 6.07) is 12.1. The predicted octanol–water partition coefficient (Wildman–Crippen LogP) is 6.77. The molecule has 4 fully saturated rings. The maximum Gasteiger partial charge on any atom is 0.262 e. The molecular formula is C46H57N5O7. The number of hydrogen-bond acceptors (Lipinski definition) is 8. The molecule has 6 aliphatic rings. The van der Waals surface area contributed by atoms with Crippen molar-refractivity contribution in [2.24, 2.45) is 34.5 Å². The van der Waals surface area contributed by atoms with E-state index in [-0.39, 0.29) is 58.6 Å². The first-order valence-corrected chi connectivity index (χ1v) is 21.6. The van der Waals surface area contributed by atoms with Crippen LogP contribution in [0.25, 0.3) is 0 Å². The number of fused-ring (bicyclic) bond motifs is 6. The Kier molecular flexibility index (Phi) is 11.2. The Balaban J connectivity index is 0.722. The van der Waals surface area contributed by atoms with E-state index >= 15 is 0 Å². The number of ether oxygens (including phenoxy) is 1. The molecule has 4 N–H and O–H groups in total.